The predicted octanol–water partition coefficient (Wildman–Crippen LogP) is 2.34. The molecule has 1 saturated heterocycles. The molecule has 1 fully saturated rings. The molecule has 4 rings (SSSR count). The number of ether oxygens (including phenoxy) is 1. The van der Waals surface area contributed by atoms with Crippen LogP contribution in [0.5, 0.6) is 0 Å². The summed E-state index contributed by atoms with van der Waals surface area (Å²) < 4.78 is 4.74. The van der Waals surface area contributed by atoms with Gasteiger partial charge in [0, 0.05) is 49.6 Å². The Labute approximate surface area is 185 Å². The number of hydrogen-bond donors (Lipinski definition) is 1. The zero-order chi connectivity index (χ0) is 22.0. The second kappa shape index (κ2) is 9.05. The summed E-state index contributed by atoms with van der Waals surface area (Å²) >= 11 is 1.66. The average Bonchev–Trinajstić information content (AvgIpc) is 3.22. The first kappa shape index (κ1) is 21.3. The molecule has 164 valence electrons. The van der Waals surface area contributed by atoms with E-state index in [1.807, 2.05) is 4.90 Å². The Bertz CT molecular complexity index is 997. The number of carbonyl (C=O) groups excluding carboxylic acids is 3. The van der Waals surface area contributed by atoms with E-state index in [1.165, 1.54) is 12.0 Å². The molecule has 0 radical (unpaired) electrons. The molecule has 1 aromatic carbocycles. The van der Waals surface area contributed by atoms with E-state index in [9.17, 15) is 14.4 Å². The minimum absolute atomic E-state index is 0.0438. The van der Waals surface area contributed by atoms with Crippen LogP contribution >= 0.6 is 11.3 Å². The first-order chi connectivity index (χ1) is 14.9. The molecular weight excluding hydrogens is 416 g/mol. The van der Waals surface area contributed by atoms with Gasteiger partial charge in [-0.3, -0.25) is 9.59 Å². The molecular formula is C22H26N4O4S. The van der Waals surface area contributed by atoms with Gasteiger partial charge in [-0.25, -0.2) is 9.78 Å². The maximum Gasteiger partial charge on any atom is 0.337 e. The molecule has 2 aliphatic rings. The lowest BCUT2D eigenvalue weighted by Crippen LogP contribution is -2.48. The highest BCUT2D eigenvalue weighted by Crippen LogP contribution is 2.35. The summed E-state index contributed by atoms with van der Waals surface area (Å²) in [5, 5.41) is 3.92. The monoisotopic (exact) mass is 442 g/mol. The fourth-order valence-corrected chi connectivity index (χ4v) is 5.26. The number of nitrogens with zero attached hydrogens (tertiary/aromatic N) is 3. The van der Waals surface area contributed by atoms with Crippen LogP contribution in [0.15, 0.2) is 24.3 Å². The Hall–Kier alpha value is -2.94. The molecule has 1 N–H and O–H groups in total. The Kier molecular flexibility index (Phi) is 6.22. The fraction of sp³-hybridized carbons (Fsp3) is 0.455. The predicted molar refractivity (Wildman–Crippen MR) is 119 cm³/mol. The lowest BCUT2D eigenvalue weighted by molar-refractivity contribution is -0.129. The van der Waals surface area contributed by atoms with Crippen molar-refractivity contribution in [2.45, 2.75) is 26.2 Å². The van der Waals surface area contributed by atoms with E-state index in [0.717, 1.165) is 49.8 Å². The molecule has 0 saturated carbocycles. The highest BCUT2D eigenvalue weighted by atomic mass is 32.1. The van der Waals surface area contributed by atoms with Crippen molar-refractivity contribution >= 4 is 39.9 Å². The van der Waals surface area contributed by atoms with Gasteiger partial charge in [-0.05, 0) is 37.5 Å². The van der Waals surface area contributed by atoms with Crippen LogP contribution in [0.2, 0.25) is 0 Å². The van der Waals surface area contributed by atoms with Gasteiger partial charge in [0.1, 0.15) is 0 Å². The van der Waals surface area contributed by atoms with E-state index in [0.29, 0.717) is 17.7 Å². The smallest absolute Gasteiger partial charge is 0.337 e. The number of hydrogen-bond acceptors (Lipinski definition) is 7. The zero-order valence-electron chi connectivity index (χ0n) is 17.7. The molecule has 1 aliphatic heterocycles. The number of aromatic nitrogens is 1. The SMILES string of the molecule is COC(=O)c1cccc(NC(=O)[C@@H]2CCc3nc(N4CCN(C(C)=O)CC4)sc3C2)c1. The molecule has 2 heterocycles. The molecule has 8 nitrogen and oxygen atoms in total. The van der Waals surface area contributed by atoms with Gasteiger partial charge in [0.2, 0.25) is 11.8 Å². The van der Waals surface area contributed by atoms with E-state index in [4.69, 9.17) is 9.72 Å². The van der Waals surface area contributed by atoms with Crippen LogP contribution in [-0.4, -0.2) is 61.0 Å². The number of esters is 1. The average molecular weight is 443 g/mol. The van der Waals surface area contributed by atoms with Crippen LogP contribution in [-0.2, 0) is 27.2 Å². The second-order valence-electron chi connectivity index (χ2n) is 7.86. The molecule has 1 atom stereocenters. The van der Waals surface area contributed by atoms with Gasteiger partial charge in [0.15, 0.2) is 5.13 Å². The lowest BCUT2D eigenvalue weighted by atomic mass is 9.90. The van der Waals surface area contributed by atoms with E-state index >= 15 is 0 Å². The van der Waals surface area contributed by atoms with Crippen LogP contribution in [0, 0.1) is 5.92 Å². The van der Waals surface area contributed by atoms with Gasteiger partial charge in [0.05, 0.1) is 18.4 Å². The molecule has 0 spiro atoms. The van der Waals surface area contributed by atoms with E-state index in [-0.39, 0.29) is 17.7 Å². The van der Waals surface area contributed by atoms with Crippen molar-refractivity contribution in [3.63, 3.8) is 0 Å². The number of nitrogens with one attached hydrogen (secondary N) is 1. The van der Waals surface area contributed by atoms with Crippen molar-refractivity contribution < 1.29 is 19.1 Å². The third-order valence-electron chi connectivity index (χ3n) is 5.85. The fourth-order valence-electron chi connectivity index (χ4n) is 4.02. The first-order valence-corrected chi connectivity index (χ1v) is 11.2. The molecule has 0 unspecified atom stereocenters. The number of piperazine rings is 1. The number of methoxy groups -OCH3 is 1. The molecule has 31 heavy (non-hydrogen) atoms. The van der Waals surface area contributed by atoms with Crippen molar-refractivity contribution in [1.29, 1.82) is 0 Å². The molecule has 1 aromatic heterocycles. The van der Waals surface area contributed by atoms with Crippen molar-refractivity contribution in [3.8, 4) is 0 Å². The summed E-state index contributed by atoms with van der Waals surface area (Å²) in [7, 11) is 1.33. The van der Waals surface area contributed by atoms with Gasteiger partial charge in [0.25, 0.3) is 0 Å². The summed E-state index contributed by atoms with van der Waals surface area (Å²) in [6, 6.07) is 6.78. The van der Waals surface area contributed by atoms with Crippen molar-refractivity contribution in [2.24, 2.45) is 5.92 Å². The van der Waals surface area contributed by atoms with Crippen molar-refractivity contribution in [1.82, 2.24) is 9.88 Å². The standard InChI is InChI=1S/C22H26N4O4S/c1-14(27)25-8-10-26(11-9-25)22-24-18-7-6-15(13-19(18)31-22)20(28)23-17-5-3-4-16(12-17)21(29)30-2/h3-5,12,15H,6-11,13H2,1-2H3,(H,23,28)/t15-/m1/s1. The molecule has 0 bridgehead atoms. The quantitative estimate of drug-likeness (QED) is 0.731. The number of fused-ring (bicyclic) bond motifs is 1. The number of thiazole rings is 1. The Balaban J connectivity index is 1.38. The molecule has 2 aromatic rings. The number of anilines is 2. The summed E-state index contributed by atoms with van der Waals surface area (Å²) in [5.41, 5.74) is 2.08. The number of benzene rings is 1. The van der Waals surface area contributed by atoms with Crippen LogP contribution in [0.25, 0.3) is 0 Å². The van der Waals surface area contributed by atoms with Crippen LogP contribution in [0.1, 0.15) is 34.3 Å². The van der Waals surface area contributed by atoms with Gasteiger partial charge >= 0.3 is 5.97 Å². The summed E-state index contributed by atoms with van der Waals surface area (Å²) in [6.07, 6.45) is 2.19. The number of aryl methyl sites for hydroxylation is 1. The van der Waals surface area contributed by atoms with Gasteiger partial charge in [-0.2, -0.15) is 0 Å². The zero-order valence-corrected chi connectivity index (χ0v) is 18.5. The highest BCUT2D eigenvalue weighted by molar-refractivity contribution is 7.15. The summed E-state index contributed by atoms with van der Waals surface area (Å²) in [6.45, 7) is 4.61. The lowest BCUT2D eigenvalue weighted by Gasteiger charge is -2.33. The van der Waals surface area contributed by atoms with Gasteiger partial charge in [-0.1, -0.05) is 6.07 Å². The normalized spacial score (nSPS) is 18.3. The minimum atomic E-state index is -0.431. The molecule has 9 heteroatoms. The third-order valence-corrected chi connectivity index (χ3v) is 7.03. The largest absolute Gasteiger partial charge is 0.465 e. The number of rotatable bonds is 4. The van der Waals surface area contributed by atoms with E-state index in [1.54, 1.807) is 42.5 Å². The number of amides is 2. The maximum atomic E-state index is 12.8. The van der Waals surface area contributed by atoms with Crippen molar-refractivity contribution in [2.75, 3.05) is 43.5 Å². The van der Waals surface area contributed by atoms with E-state index in [2.05, 4.69) is 10.2 Å². The van der Waals surface area contributed by atoms with Crippen LogP contribution in [0.3, 0.4) is 0 Å². The Morgan fingerprint density at radius 2 is 1.97 bits per heavy atom. The topological polar surface area (TPSA) is 91.8 Å². The minimum Gasteiger partial charge on any atom is -0.465 e. The Morgan fingerprint density at radius 3 is 2.68 bits per heavy atom. The summed E-state index contributed by atoms with van der Waals surface area (Å²) in [4.78, 5) is 46.2. The second-order valence-corrected chi connectivity index (χ2v) is 8.92. The first-order valence-electron chi connectivity index (χ1n) is 10.4. The number of carbonyl (C=O) groups is 3. The molecule has 1 aliphatic carbocycles. The van der Waals surface area contributed by atoms with Crippen molar-refractivity contribution in [3.05, 3.63) is 40.4 Å². The summed E-state index contributed by atoms with van der Waals surface area (Å²) in [5.74, 6) is -0.487. The Morgan fingerprint density at radius 1 is 1.19 bits per heavy atom. The van der Waals surface area contributed by atoms with Crippen LogP contribution < -0.4 is 10.2 Å². The highest BCUT2D eigenvalue weighted by Gasteiger charge is 2.29. The van der Waals surface area contributed by atoms with E-state index < -0.39 is 5.97 Å². The van der Waals surface area contributed by atoms with Gasteiger partial charge < -0.3 is 19.9 Å². The third kappa shape index (κ3) is 4.71. The molecule has 2 amide bonds. The van der Waals surface area contributed by atoms with Gasteiger partial charge in [-0.15, -0.1) is 11.3 Å². The maximum absolute atomic E-state index is 12.8. The van der Waals surface area contributed by atoms with Crippen LogP contribution in [0.4, 0.5) is 10.8 Å².